The van der Waals surface area contributed by atoms with Crippen molar-refractivity contribution in [2.75, 3.05) is 0 Å². The second-order valence-electron chi connectivity index (χ2n) is 3.74. The van der Waals surface area contributed by atoms with E-state index in [1.807, 2.05) is 0 Å². The topological polar surface area (TPSA) is 17.1 Å². The summed E-state index contributed by atoms with van der Waals surface area (Å²) in [6.07, 6.45) is 1.24. The van der Waals surface area contributed by atoms with Crippen molar-refractivity contribution in [3.63, 3.8) is 0 Å². The maximum absolute atomic E-state index is 13.8. The Labute approximate surface area is 113 Å². The molecule has 0 N–H and O–H groups in total. The molecule has 0 aliphatic carbocycles. The van der Waals surface area contributed by atoms with Gasteiger partial charge in [-0.25, -0.2) is 4.39 Å². The largest absolute Gasteiger partial charge is 0.286 e. The van der Waals surface area contributed by atoms with Gasteiger partial charge in [0.15, 0.2) is 5.83 Å². The van der Waals surface area contributed by atoms with E-state index in [0.29, 0.717) is 11.1 Å². The van der Waals surface area contributed by atoms with Crippen LogP contribution in [0, 0.1) is 0 Å². The Balaban J connectivity index is 2.23. The normalized spacial score (nSPS) is 11.3. The summed E-state index contributed by atoms with van der Waals surface area (Å²) in [5.74, 6) is -1.36. The van der Waals surface area contributed by atoms with Crippen LogP contribution in [0.2, 0.25) is 0 Å². The Morgan fingerprint density at radius 2 is 1.61 bits per heavy atom. The summed E-state index contributed by atoms with van der Waals surface area (Å²) in [7, 11) is 0. The Morgan fingerprint density at radius 1 is 1.00 bits per heavy atom. The van der Waals surface area contributed by atoms with Crippen molar-refractivity contribution in [2.24, 2.45) is 0 Å². The molecular weight excluding hydrogens is 295 g/mol. The lowest BCUT2D eigenvalue weighted by atomic mass is 10.1. The first-order valence-electron chi connectivity index (χ1n) is 5.39. The smallest absolute Gasteiger partial charge is 0.221 e. The van der Waals surface area contributed by atoms with Crippen molar-refractivity contribution >= 4 is 27.8 Å². The van der Waals surface area contributed by atoms with E-state index in [0.717, 1.165) is 4.47 Å². The third-order valence-corrected chi connectivity index (χ3v) is 2.94. The zero-order valence-corrected chi connectivity index (χ0v) is 11.0. The van der Waals surface area contributed by atoms with Gasteiger partial charge < -0.3 is 0 Å². The minimum Gasteiger partial charge on any atom is -0.286 e. The Kier molecular flexibility index (Phi) is 4.05. The van der Waals surface area contributed by atoms with E-state index in [9.17, 15) is 9.18 Å². The molecule has 0 aliphatic rings. The maximum Gasteiger partial charge on any atom is 0.221 e. The first-order valence-corrected chi connectivity index (χ1v) is 6.18. The lowest BCUT2D eigenvalue weighted by Crippen LogP contribution is -1.98. The van der Waals surface area contributed by atoms with Crippen molar-refractivity contribution < 1.29 is 9.18 Å². The van der Waals surface area contributed by atoms with Crippen molar-refractivity contribution in [1.82, 2.24) is 0 Å². The molecule has 2 rings (SSSR count). The van der Waals surface area contributed by atoms with Crippen molar-refractivity contribution in [3.8, 4) is 0 Å². The minimum atomic E-state index is -0.761. The maximum atomic E-state index is 13.8. The van der Waals surface area contributed by atoms with Crippen LogP contribution >= 0.6 is 15.9 Å². The number of hydrogen-bond acceptors (Lipinski definition) is 1. The highest BCUT2D eigenvalue weighted by atomic mass is 79.9. The van der Waals surface area contributed by atoms with E-state index in [1.165, 1.54) is 6.08 Å². The summed E-state index contributed by atoms with van der Waals surface area (Å²) >= 11 is 3.30. The molecule has 18 heavy (non-hydrogen) atoms. The van der Waals surface area contributed by atoms with E-state index in [1.54, 1.807) is 54.6 Å². The van der Waals surface area contributed by atoms with Crippen LogP contribution in [0.25, 0.3) is 6.08 Å². The van der Waals surface area contributed by atoms with Crippen LogP contribution in [0.4, 0.5) is 4.39 Å². The SMILES string of the molecule is O=C(/C(F)=C/c1ccc(Br)cc1)c1ccccc1. The fourth-order valence-electron chi connectivity index (χ4n) is 1.50. The fraction of sp³-hybridized carbons (Fsp3) is 0. The quantitative estimate of drug-likeness (QED) is 0.596. The number of halogens is 2. The number of rotatable bonds is 3. The number of Topliss-reactive ketones (excluding diaryl/α,β-unsaturated/α-hetero) is 1. The lowest BCUT2D eigenvalue weighted by Gasteiger charge is -1.98. The van der Waals surface area contributed by atoms with E-state index in [-0.39, 0.29) is 0 Å². The van der Waals surface area contributed by atoms with Gasteiger partial charge in [0.1, 0.15) is 0 Å². The number of hydrogen-bond donors (Lipinski definition) is 0. The molecule has 0 aliphatic heterocycles. The van der Waals surface area contributed by atoms with Gasteiger partial charge in [-0.1, -0.05) is 58.4 Å². The van der Waals surface area contributed by atoms with Gasteiger partial charge in [-0.2, -0.15) is 0 Å². The summed E-state index contributed by atoms with van der Waals surface area (Å²) < 4.78 is 14.7. The highest BCUT2D eigenvalue weighted by Crippen LogP contribution is 2.16. The fourth-order valence-corrected chi connectivity index (χ4v) is 1.76. The molecule has 0 fully saturated rings. The number of allylic oxidation sites excluding steroid dienone is 1. The summed E-state index contributed by atoms with van der Waals surface area (Å²) in [6.45, 7) is 0. The zero-order chi connectivity index (χ0) is 13.0. The van der Waals surface area contributed by atoms with Gasteiger partial charge in [-0.05, 0) is 23.8 Å². The molecule has 0 heterocycles. The highest BCUT2D eigenvalue weighted by molar-refractivity contribution is 9.10. The summed E-state index contributed by atoms with van der Waals surface area (Å²) in [4.78, 5) is 11.8. The standard InChI is InChI=1S/C15H10BrFO/c16-13-8-6-11(7-9-13)10-14(17)15(18)12-4-2-1-3-5-12/h1-10H/b14-10-. The molecule has 0 aromatic heterocycles. The van der Waals surface area contributed by atoms with E-state index in [4.69, 9.17) is 0 Å². The molecule has 2 aromatic carbocycles. The average Bonchev–Trinajstić information content (AvgIpc) is 2.41. The second kappa shape index (κ2) is 5.74. The van der Waals surface area contributed by atoms with Gasteiger partial charge >= 0.3 is 0 Å². The van der Waals surface area contributed by atoms with E-state index >= 15 is 0 Å². The average molecular weight is 305 g/mol. The highest BCUT2D eigenvalue weighted by Gasteiger charge is 2.10. The molecule has 0 radical (unpaired) electrons. The number of carbonyl (C=O) groups is 1. The van der Waals surface area contributed by atoms with Gasteiger partial charge in [-0.15, -0.1) is 0 Å². The number of carbonyl (C=O) groups excluding carboxylic acids is 1. The van der Waals surface area contributed by atoms with Crippen LogP contribution in [0.1, 0.15) is 15.9 Å². The molecule has 0 atom stereocenters. The Hall–Kier alpha value is -1.74. The van der Waals surface area contributed by atoms with Crippen molar-refractivity contribution in [3.05, 3.63) is 76.0 Å². The molecule has 90 valence electrons. The second-order valence-corrected chi connectivity index (χ2v) is 4.65. The van der Waals surface area contributed by atoms with Gasteiger partial charge in [0, 0.05) is 10.0 Å². The van der Waals surface area contributed by atoms with Crippen LogP contribution in [0.15, 0.2) is 64.9 Å². The number of ketones is 1. The third kappa shape index (κ3) is 3.14. The Morgan fingerprint density at radius 3 is 2.22 bits per heavy atom. The minimum absolute atomic E-state index is 0.350. The van der Waals surface area contributed by atoms with E-state index < -0.39 is 11.6 Å². The van der Waals surface area contributed by atoms with Crippen LogP contribution in [-0.2, 0) is 0 Å². The monoisotopic (exact) mass is 304 g/mol. The van der Waals surface area contributed by atoms with Crippen molar-refractivity contribution in [2.45, 2.75) is 0 Å². The summed E-state index contributed by atoms with van der Waals surface area (Å²) in [5, 5.41) is 0. The molecule has 2 aromatic rings. The molecular formula is C15H10BrFO. The molecule has 0 spiro atoms. The molecule has 0 saturated carbocycles. The van der Waals surface area contributed by atoms with Gasteiger partial charge in [-0.3, -0.25) is 4.79 Å². The summed E-state index contributed by atoms with van der Waals surface area (Å²) in [5.41, 5.74) is 1.00. The zero-order valence-electron chi connectivity index (χ0n) is 9.44. The molecule has 0 amide bonds. The predicted molar refractivity (Wildman–Crippen MR) is 74.0 cm³/mol. The number of benzene rings is 2. The van der Waals surface area contributed by atoms with Gasteiger partial charge in [0.05, 0.1) is 0 Å². The lowest BCUT2D eigenvalue weighted by molar-refractivity contribution is 0.101. The predicted octanol–water partition coefficient (Wildman–Crippen LogP) is 4.64. The van der Waals surface area contributed by atoms with Gasteiger partial charge in [0.2, 0.25) is 5.78 Å². The molecule has 0 bridgehead atoms. The molecule has 1 nitrogen and oxygen atoms in total. The van der Waals surface area contributed by atoms with Gasteiger partial charge in [0.25, 0.3) is 0 Å². The Bertz CT molecular complexity index is 573. The molecule has 0 unspecified atom stereocenters. The van der Waals surface area contributed by atoms with Crippen LogP contribution < -0.4 is 0 Å². The summed E-state index contributed by atoms with van der Waals surface area (Å²) in [6, 6.07) is 15.5. The van der Waals surface area contributed by atoms with Crippen LogP contribution in [0.3, 0.4) is 0 Å². The van der Waals surface area contributed by atoms with Crippen molar-refractivity contribution in [1.29, 1.82) is 0 Å². The first-order chi connectivity index (χ1) is 8.66. The molecule has 3 heteroatoms. The molecule has 0 saturated heterocycles. The van der Waals surface area contributed by atoms with E-state index in [2.05, 4.69) is 15.9 Å². The van der Waals surface area contributed by atoms with Crippen LogP contribution in [0.5, 0.6) is 0 Å². The first kappa shape index (κ1) is 12.7. The van der Waals surface area contributed by atoms with Crippen LogP contribution in [-0.4, -0.2) is 5.78 Å². The third-order valence-electron chi connectivity index (χ3n) is 2.42.